The van der Waals surface area contributed by atoms with Gasteiger partial charge < -0.3 is 24.6 Å². The number of hydrogen-bond acceptors (Lipinski definition) is 6. The SMILES string of the molecule is COc1cc2c(cc1OC)[C@@H](C(=O)NCCCN1CCCCCC1)[C@H](c1ccc(SC)cc1)N(C)C2=O. The smallest absolute Gasteiger partial charge is 0.254 e. The van der Waals surface area contributed by atoms with Crippen LogP contribution >= 0.6 is 11.8 Å². The summed E-state index contributed by atoms with van der Waals surface area (Å²) in [4.78, 5) is 32.7. The number of benzene rings is 2. The van der Waals surface area contributed by atoms with Crippen LogP contribution in [0.1, 0.15) is 65.5 Å². The second-order valence-corrected chi connectivity index (χ2v) is 10.7. The van der Waals surface area contributed by atoms with Crippen molar-refractivity contribution in [1.29, 1.82) is 0 Å². The first kappa shape index (κ1) is 27.3. The Bertz CT molecular complexity index is 1080. The molecule has 200 valence electrons. The van der Waals surface area contributed by atoms with Gasteiger partial charge in [0, 0.05) is 24.1 Å². The first-order valence-electron chi connectivity index (χ1n) is 13.2. The number of carbonyl (C=O) groups excluding carboxylic acids is 2. The molecule has 2 aliphatic heterocycles. The number of nitrogens with zero attached hydrogens (tertiary/aromatic N) is 2. The molecule has 2 aromatic rings. The fourth-order valence-corrected chi connectivity index (χ4v) is 5.94. The molecule has 2 aliphatic rings. The molecule has 37 heavy (non-hydrogen) atoms. The highest BCUT2D eigenvalue weighted by molar-refractivity contribution is 7.98. The van der Waals surface area contributed by atoms with Gasteiger partial charge >= 0.3 is 0 Å². The van der Waals surface area contributed by atoms with Crippen LogP contribution < -0.4 is 14.8 Å². The molecule has 1 saturated heterocycles. The lowest BCUT2D eigenvalue weighted by atomic mass is 9.79. The minimum atomic E-state index is -0.573. The number of amides is 2. The van der Waals surface area contributed by atoms with E-state index < -0.39 is 12.0 Å². The standard InChI is InChI=1S/C29H39N3O4S/c1-31-27(20-10-12-21(37-4)13-11-20)26(22-18-24(35-2)25(36-3)19-23(22)29(31)34)28(33)30-14-9-17-32-15-7-5-6-8-16-32/h10-13,18-19,26-27H,5-9,14-17H2,1-4H3,(H,30,33)/t26-,27+/m1/s1. The topological polar surface area (TPSA) is 71.1 Å². The number of hydrogen-bond donors (Lipinski definition) is 1. The number of carbonyl (C=O) groups is 2. The number of methoxy groups -OCH3 is 2. The van der Waals surface area contributed by atoms with E-state index in [1.165, 1.54) is 25.7 Å². The Balaban J connectivity index is 1.62. The number of rotatable bonds is 9. The lowest BCUT2D eigenvalue weighted by molar-refractivity contribution is -0.124. The molecule has 0 bridgehead atoms. The summed E-state index contributed by atoms with van der Waals surface area (Å²) in [6.07, 6.45) is 8.08. The van der Waals surface area contributed by atoms with Crippen molar-refractivity contribution in [3.05, 3.63) is 53.1 Å². The summed E-state index contributed by atoms with van der Waals surface area (Å²) in [5.74, 6) is 0.190. The summed E-state index contributed by atoms with van der Waals surface area (Å²) in [6.45, 7) is 3.88. The zero-order valence-electron chi connectivity index (χ0n) is 22.4. The maximum Gasteiger partial charge on any atom is 0.254 e. The molecule has 8 heteroatoms. The van der Waals surface area contributed by atoms with Crippen molar-refractivity contribution < 1.29 is 19.1 Å². The number of fused-ring (bicyclic) bond motifs is 1. The van der Waals surface area contributed by atoms with Crippen LogP contribution in [-0.2, 0) is 4.79 Å². The van der Waals surface area contributed by atoms with Crippen molar-refractivity contribution in [3.63, 3.8) is 0 Å². The van der Waals surface area contributed by atoms with Crippen LogP contribution in [0, 0.1) is 0 Å². The molecule has 2 amide bonds. The summed E-state index contributed by atoms with van der Waals surface area (Å²) in [7, 11) is 4.89. The van der Waals surface area contributed by atoms with E-state index >= 15 is 0 Å². The van der Waals surface area contributed by atoms with Gasteiger partial charge in [0.1, 0.15) is 0 Å². The predicted molar refractivity (Wildman–Crippen MR) is 148 cm³/mol. The van der Waals surface area contributed by atoms with E-state index in [2.05, 4.69) is 10.2 Å². The minimum absolute atomic E-state index is 0.0809. The first-order chi connectivity index (χ1) is 18.0. The number of ether oxygens (including phenoxy) is 2. The Labute approximate surface area is 224 Å². The highest BCUT2D eigenvalue weighted by atomic mass is 32.2. The van der Waals surface area contributed by atoms with Crippen molar-refractivity contribution in [2.45, 2.75) is 49.0 Å². The minimum Gasteiger partial charge on any atom is -0.493 e. The Morgan fingerprint density at radius 1 is 1.03 bits per heavy atom. The van der Waals surface area contributed by atoms with E-state index in [0.29, 0.717) is 29.2 Å². The molecule has 7 nitrogen and oxygen atoms in total. The maximum atomic E-state index is 13.8. The van der Waals surface area contributed by atoms with Crippen LogP contribution in [-0.4, -0.2) is 75.3 Å². The molecule has 0 spiro atoms. The van der Waals surface area contributed by atoms with E-state index in [9.17, 15) is 9.59 Å². The van der Waals surface area contributed by atoms with Gasteiger partial charge in [0.05, 0.1) is 26.2 Å². The molecular weight excluding hydrogens is 486 g/mol. The average molecular weight is 526 g/mol. The van der Waals surface area contributed by atoms with E-state index in [1.54, 1.807) is 50.1 Å². The largest absolute Gasteiger partial charge is 0.493 e. The molecule has 1 fully saturated rings. The summed E-state index contributed by atoms with van der Waals surface area (Å²) < 4.78 is 11.0. The lowest BCUT2D eigenvalue weighted by Crippen LogP contribution is -2.46. The molecular formula is C29H39N3O4S. The highest BCUT2D eigenvalue weighted by Crippen LogP contribution is 2.45. The second kappa shape index (κ2) is 12.7. The predicted octanol–water partition coefficient (Wildman–Crippen LogP) is 4.72. The molecule has 0 unspecified atom stereocenters. The quantitative estimate of drug-likeness (QED) is 0.377. The third-order valence-corrected chi connectivity index (χ3v) is 8.31. The van der Waals surface area contributed by atoms with Gasteiger partial charge in [0.2, 0.25) is 5.91 Å². The Hall–Kier alpha value is -2.71. The van der Waals surface area contributed by atoms with Gasteiger partial charge in [-0.2, -0.15) is 0 Å². The molecule has 4 rings (SSSR count). The van der Waals surface area contributed by atoms with E-state index in [0.717, 1.165) is 36.5 Å². The molecule has 0 radical (unpaired) electrons. The lowest BCUT2D eigenvalue weighted by Gasteiger charge is -2.40. The third kappa shape index (κ3) is 6.07. The zero-order valence-corrected chi connectivity index (χ0v) is 23.2. The first-order valence-corrected chi connectivity index (χ1v) is 14.4. The van der Waals surface area contributed by atoms with Gasteiger partial charge in [0.15, 0.2) is 11.5 Å². The average Bonchev–Trinajstić information content (AvgIpc) is 3.21. The maximum absolute atomic E-state index is 13.8. The van der Waals surface area contributed by atoms with Gasteiger partial charge in [-0.1, -0.05) is 25.0 Å². The summed E-state index contributed by atoms with van der Waals surface area (Å²) in [5.41, 5.74) is 2.07. The molecule has 0 aromatic heterocycles. The molecule has 0 aliphatic carbocycles. The van der Waals surface area contributed by atoms with Gasteiger partial charge in [-0.3, -0.25) is 9.59 Å². The van der Waals surface area contributed by atoms with Crippen LogP contribution in [0.3, 0.4) is 0 Å². The van der Waals surface area contributed by atoms with Crippen LogP contribution in [0.4, 0.5) is 0 Å². The molecule has 2 aromatic carbocycles. The fraction of sp³-hybridized carbons (Fsp3) is 0.517. The second-order valence-electron chi connectivity index (χ2n) is 9.81. The number of nitrogens with one attached hydrogen (secondary N) is 1. The van der Waals surface area contributed by atoms with Crippen LogP contribution in [0.5, 0.6) is 11.5 Å². The van der Waals surface area contributed by atoms with Crippen LogP contribution in [0.25, 0.3) is 0 Å². The van der Waals surface area contributed by atoms with E-state index in [4.69, 9.17) is 9.47 Å². The monoisotopic (exact) mass is 525 g/mol. The Kier molecular flexibility index (Phi) is 9.38. The van der Waals surface area contributed by atoms with E-state index in [-0.39, 0.29) is 11.8 Å². The zero-order chi connectivity index (χ0) is 26.4. The number of likely N-dealkylation sites (N-methyl/N-ethyl adjacent to an activating group) is 1. The normalized spacial score (nSPS) is 20.2. The van der Waals surface area contributed by atoms with Crippen molar-refractivity contribution in [2.24, 2.45) is 0 Å². The third-order valence-electron chi connectivity index (χ3n) is 7.56. The fourth-order valence-electron chi connectivity index (χ4n) is 5.53. The summed E-state index contributed by atoms with van der Waals surface area (Å²) in [6, 6.07) is 11.2. The van der Waals surface area contributed by atoms with Gasteiger partial charge in [-0.25, -0.2) is 0 Å². The van der Waals surface area contributed by atoms with Crippen LogP contribution in [0.15, 0.2) is 41.3 Å². The van der Waals surface area contributed by atoms with Crippen molar-refractivity contribution in [3.8, 4) is 11.5 Å². The Morgan fingerprint density at radius 3 is 2.30 bits per heavy atom. The van der Waals surface area contributed by atoms with E-state index in [1.807, 2.05) is 30.5 Å². The van der Waals surface area contributed by atoms with Gasteiger partial charge in [-0.15, -0.1) is 11.8 Å². The van der Waals surface area contributed by atoms with Crippen LogP contribution in [0.2, 0.25) is 0 Å². The van der Waals surface area contributed by atoms with Crippen molar-refractivity contribution in [1.82, 2.24) is 15.1 Å². The number of thioether (sulfide) groups is 1. The van der Waals surface area contributed by atoms with Crippen molar-refractivity contribution in [2.75, 3.05) is 53.7 Å². The molecule has 2 heterocycles. The Morgan fingerprint density at radius 2 is 1.68 bits per heavy atom. The van der Waals surface area contributed by atoms with Crippen molar-refractivity contribution >= 4 is 23.6 Å². The molecule has 1 N–H and O–H groups in total. The summed E-state index contributed by atoms with van der Waals surface area (Å²) >= 11 is 1.66. The van der Waals surface area contributed by atoms with Gasteiger partial charge in [-0.05, 0) is 80.5 Å². The number of likely N-dealkylation sites (tertiary alicyclic amines) is 1. The molecule has 2 atom stereocenters. The molecule has 0 saturated carbocycles. The van der Waals surface area contributed by atoms with Gasteiger partial charge in [0.25, 0.3) is 5.91 Å². The highest BCUT2D eigenvalue weighted by Gasteiger charge is 2.43. The summed E-state index contributed by atoms with van der Waals surface area (Å²) in [5, 5.41) is 3.19.